The first-order valence-corrected chi connectivity index (χ1v) is 9.45. The summed E-state index contributed by atoms with van der Waals surface area (Å²) in [5, 5.41) is 15.2. The highest BCUT2D eigenvalue weighted by Crippen LogP contribution is 2.43. The molecule has 0 amide bonds. The van der Waals surface area contributed by atoms with Gasteiger partial charge in [-0.15, -0.1) is 34.2 Å². The fourth-order valence-corrected chi connectivity index (χ4v) is 3.12. The summed E-state index contributed by atoms with van der Waals surface area (Å²) in [7, 11) is 5.46. The molecule has 0 unspecified atom stereocenters. The zero-order valence-corrected chi connectivity index (χ0v) is 19.4. The summed E-state index contributed by atoms with van der Waals surface area (Å²) in [5.41, 5.74) is 0.340. The molecule has 2 rings (SSSR count). The van der Waals surface area contributed by atoms with Gasteiger partial charge >= 0.3 is 0 Å². The highest BCUT2D eigenvalue weighted by atomic mass is 127. The minimum atomic E-state index is 0. The Morgan fingerprint density at radius 1 is 1.19 bits per heavy atom. The van der Waals surface area contributed by atoms with Gasteiger partial charge in [-0.3, -0.25) is 0 Å². The molecule has 0 bridgehead atoms. The van der Waals surface area contributed by atoms with Crippen molar-refractivity contribution in [3.8, 4) is 0 Å². The van der Waals surface area contributed by atoms with Gasteiger partial charge in [-0.05, 0) is 38.0 Å². The molecule has 156 valence electrons. The second kappa shape index (κ2) is 12.5. The monoisotopic (exact) mass is 494 g/mol. The topological polar surface area (TPSA) is 85.6 Å². The van der Waals surface area contributed by atoms with Crippen LogP contribution in [0.25, 0.3) is 0 Å². The molecule has 0 aliphatic heterocycles. The molecule has 1 aromatic heterocycles. The van der Waals surface area contributed by atoms with Gasteiger partial charge in [0.1, 0.15) is 12.4 Å². The molecule has 1 saturated carbocycles. The highest BCUT2D eigenvalue weighted by Gasteiger charge is 2.36. The van der Waals surface area contributed by atoms with E-state index >= 15 is 0 Å². The SMILES string of the molecule is COCCCNC(=NCc1nnc(C)n1C)NCC1(CCOC)CCC1.I. The van der Waals surface area contributed by atoms with Crippen molar-refractivity contribution in [1.29, 1.82) is 0 Å². The smallest absolute Gasteiger partial charge is 0.191 e. The van der Waals surface area contributed by atoms with Gasteiger partial charge in [0, 0.05) is 47.6 Å². The summed E-state index contributed by atoms with van der Waals surface area (Å²) in [6.45, 7) is 5.74. The number of guanidine groups is 1. The van der Waals surface area contributed by atoms with Gasteiger partial charge in [0.15, 0.2) is 11.8 Å². The van der Waals surface area contributed by atoms with Gasteiger partial charge in [-0.1, -0.05) is 6.42 Å². The summed E-state index contributed by atoms with van der Waals surface area (Å²) < 4.78 is 12.4. The molecule has 8 nitrogen and oxygen atoms in total. The number of rotatable bonds is 11. The normalized spacial score (nSPS) is 15.8. The zero-order valence-electron chi connectivity index (χ0n) is 17.1. The van der Waals surface area contributed by atoms with Gasteiger partial charge in [0.25, 0.3) is 0 Å². The maximum atomic E-state index is 5.29. The summed E-state index contributed by atoms with van der Waals surface area (Å²) in [6.07, 6.45) is 5.84. The third-order valence-corrected chi connectivity index (χ3v) is 5.26. The van der Waals surface area contributed by atoms with Crippen molar-refractivity contribution in [3.05, 3.63) is 11.6 Å². The molecule has 2 N–H and O–H groups in total. The fraction of sp³-hybridized carbons (Fsp3) is 0.833. The predicted octanol–water partition coefficient (Wildman–Crippen LogP) is 2.02. The lowest BCUT2D eigenvalue weighted by molar-refractivity contribution is 0.0732. The molecule has 9 heteroatoms. The predicted molar refractivity (Wildman–Crippen MR) is 118 cm³/mol. The Kier molecular flexibility index (Phi) is 11.2. The number of hydrogen-bond acceptors (Lipinski definition) is 5. The van der Waals surface area contributed by atoms with Crippen molar-refractivity contribution < 1.29 is 9.47 Å². The number of hydrogen-bond donors (Lipinski definition) is 2. The molecule has 27 heavy (non-hydrogen) atoms. The number of nitrogens with zero attached hydrogens (tertiary/aromatic N) is 4. The number of methoxy groups -OCH3 is 2. The van der Waals surface area contributed by atoms with Crippen molar-refractivity contribution in [2.45, 2.75) is 45.6 Å². The molecule has 1 aliphatic rings. The van der Waals surface area contributed by atoms with Crippen LogP contribution >= 0.6 is 24.0 Å². The number of nitrogens with one attached hydrogen (secondary N) is 2. The molecule has 0 saturated heterocycles. The largest absolute Gasteiger partial charge is 0.385 e. The molecule has 0 atom stereocenters. The van der Waals surface area contributed by atoms with E-state index in [9.17, 15) is 0 Å². The Hall–Kier alpha value is -0.940. The van der Waals surface area contributed by atoms with Crippen molar-refractivity contribution in [3.63, 3.8) is 0 Å². The van der Waals surface area contributed by atoms with Crippen LogP contribution in [0.15, 0.2) is 4.99 Å². The van der Waals surface area contributed by atoms with Crippen LogP contribution in [0.4, 0.5) is 0 Å². The van der Waals surface area contributed by atoms with E-state index in [0.29, 0.717) is 12.0 Å². The minimum Gasteiger partial charge on any atom is -0.385 e. The van der Waals surface area contributed by atoms with Gasteiger partial charge < -0.3 is 24.7 Å². The van der Waals surface area contributed by atoms with Gasteiger partial charge in [-0.2, -0.15) is 0 Å². The van der Waals surface area contributed by atoms with E-state index in [1.165, 1.54) is 19.3 Å². The second-order valence-electron chi connectivity index (χ2n) is 7.11. The molecular formula is C18H35IN6O2. The Morgan fingerprint density at radius 2 is 1.93 bits per heavy atom. The summed E-state index contributed by atoms with van der Waals surface area (Å²) in [6, 6.07) is 0. The van der Waals surface area contributed by atoms with Crippen LogP contribution in [0.3, 0.4) is 0 Å². The average molecular weight is 494 g/mol. The van der Waals surface area contributed by atoms with Crippen LogP contribution in [-0.4, -0.2) is 61.2 Å². The summed E-state index contributed by atoms with van der Waals surface area (Å²) in [4.78, 5) is 4.71. The fourth-order valence-electron chi connectivity index (χ4n) is 3.12. The van der Waals surface area contributed by atoms with Gasteiger partial charge in [0.2, 0.25) is 0 Å². The van der Waals surface area contributed by atoms with Crippen LogP contribution in [0.1, 0.15) is 43.8 Å². The van der Waals surface area contributed by atoms with E-state index in [0.717, 1.165) is 56.8 Å². The molecule has 1 fully saturated rings. The van der Waals surface area contributed by atoms with Gasteiger partial charge in [-0.25, -0.2) is 4.99 Å². The van der Waals surface area contributed by atoms with Crippen molar-refractivity contribution >= 4 is 29.9 Å². The first-order valence-electron chi connectivity index (χ1n) is 9.45. The third-order valence-electron chi connectivity index (χ3n) is 5.26. The molecule has 1 aliphatic carbocycles. The third kappa shape index (κ3) is 7.53. The molecule has 0 spiro atoms. The van der Waals surface area contributed by atoms with Crippen LogP contribution < -0.4 is 10.6 Å². The minimum absolute atomic E-state index is 0. The second-order valence-corrected chi connectivity index (χ2v) is 7.11. The van der Waals surface area contributed by atoms with E-state index in [4.69, 9.17) is 14.5 Å². The van der Waals surface area contributed by atoms with Crippen molar-refractivity contribution in [2.75, 3.05) is 40.5 Å². The van der Waals surface area contributed by atoms with Gasteiger partial charge in [0.05, 0.1) is 0 Å². The van der Waals surface area contributed by atoms with Crippen LogP contribution in [0.5, 0.6) is 0 Å². The summed E-state index contributed by atoms with van der Waals surface area (Å²) in [5.74, 6) is 2.58. The van der Waals surface area contributed by atoms with Crippen LogP contribution in [-0.2, 0) is 23.1 Å². The van der Waals surface area contributed by atoms with Crippen LogP contribution in [0, 0.1) is 12.3 Å². The molecular weight excluding hydrogens is 459 g/mol. The van der Waals surface area contributed by atoms with E-state index in [2.05, 4.69) is 20.8 Å². The number of halogens is 1. The summed E-state index contributed by atoms with van der Waals surface area (Å²) >= 11 is 0. The van der Waals surface area contributed by atoms with Crippen molar-refractivity contribution in [1.82, 2.24) is 25.4 Å². The lowest BCUT2D eigenvalue weighted by Crippen LogP contribution is -2.47. The Balaban J connectivity index is 0.00000364. The Labute approximate surface area is 179 Å². The first kappa shape index (κ1) is 24.1. The zero-order chi connectivity index (χ0) is 18.8. The molecule has 1 aromatic rings. The molecule has 0 aromatic carbocycles. The number of aliphatic imine (C=N–C) groups is 1. The van der Waals surface area contributed by atoms with E-state index in [1.807, 2.05) is 18.5 Å². The highest BCUT2D eigenvalue weighted by molar-refractivity contribution is 14.0. The number of aromatic nitrogens is 3. The van der Waals surface area contributed by atoms with E-state index in [1.54, 1.807) is 14.2 Å². The first-order chi connectivity index (χ1) is 12.6. The van der Waals surface area contributed by atoms with E-state index < -0.39 is 0 Å². The van der Waals surface area contributed by atoms with Crippen molar-refractivity contribution in [2.24, 2.45) is 17.5 Å². The maximum absolute atomic E-state index is 5.29. The lowest BCUT2D eigenvalue weighted by atomic mass is 9.67. The number of ether oxygens (including phenoxy) is 2. The molecule has 0 radical (unpaired) electrons. The van der Waals surface area contributed by atoms with Crippen LogP contribution in [0.2, 0.25) is 0 Å². The maximum Gasteiger partial charge on any atom is 0.191 e. The average Bonchev–Trinajstić information content (AvgIpc) is 2.93. The number of aryl methyl sites for hydroxylation is 1. The standard InChI is InChI=1S/C18H34N6O2.HI/c1-15-22-23-16(24(15)2)13-20-17(19-10-6-11-25-3)21-14-18(7-5-8-18)9-12-26-4;/h5-14H2,1-4H3,(H2,19,20,21);1H. The Morgan fingerprint density at radius 3 is 2.48 bits per heavy atom. The quantitative estimate of drug-likeness (QED) is 0.212. The molecule has 1 heterocycles. The van der Waals surface area contributed by atoms with E-state index in [-0.39, 0.29) is 24.0 Å². The lowest BCUT2D eigenvalue weighted by Gasteiger charge is -2.42. The Bertz CT molecular complexity index is 574.